The van der Waals surface area contributed by atoms with Gasteiger partial charge in [-0.25, -0.2) is 4.98 Å². The average Bonchev–Trinajstić information content (AvgIpc) is 3.21. The van der Waals surface area contributed by atoms with Crippen LogP contribution in [0.1, 0.15) is 23.7 Å². The molecule has 0 aliphatic carbocycles. The van der Waals surface area contributed by atoms with E-state index in [4.69, 9.17) is 4.74 Å². The zero-order valence-corrected chi connectivity index (χ0v) is 18.2. The van der Waals surface area contributed by atoms with Gasteiger partial charge in [0.15, 0.2) is 5.82 Å². The Hall–Kier alpha value is -3.46. The Kier molecular flexibility index (Phi) is 5.85. The van der Waals surface area contributed by atoms with Crippen molar-refractivity contribution >= 4 is 23.4 Å². The fraction of sp³-hybridized carbons (Fsp3) is 0.364. The number of anilines is 3. The third-order valence-electron chi connectivity index (χ3n) is 5.48. The molecule has 0 radical (unpaired) electrons. The minimum atomic E-state index is -0.462. The Morgan fingerprint density at radius 3 is 2.74 bits per heavy atom. The Morgan fingerprint density at radius 2 is 2.00 bits per heavy atom. The van der Waals surface area contributed by atoms with Crippen molar-refractivity contribution in [2.45, 2.75) is 39.1 Å². The molecule has 2 N–H and O–H groups in total. The Morgan fingerprint density at radius 1 is 1.23 bits per heavy atom. The topological polar surface area (TPSA) is 97.2 Å². The molecule has 1 aromatic carbocycles. The van der Waals surface area contributed by atoms with Gasteiger partial charge in [0.2, 0.25) is 11.9 Å². The number of carbonyl (C=O) groups excluding carboxylic acids is 1. The van der Waals surface area contributed by atoms with Crippen molar-refractivity contribution in [1.29, 1.82) is 0 Å². The second-order valence-corrected chi connectivity index (χ2v) is 7.70. The van der Waals surface area contributed by atoms with Gasteiger partial charge in [-0.05, 0) is 19.4 Å². The van der Waals surface area contributed by atoms with Gasteiger partial charge in [-0.3, -0.25) is 9.48 Å². The smallest absolute Gasteiger partial charge is 0.249 e. The van der Waals surface area contributed by atoms with Crippen LogP contribution in [0.4, 0.5) is 17.5 Å². The molecule has 1 amide bonds. The van der Waals surface area contributed by atoms with Gasteiger partial charge in [-0.15, -0.1) is 0 Å². The second kappa shape index (κ2) is 8.73. The Balaban J connectivity index is 1.48. The highest BCUT2D eigenvalue weighted by atomic mass is 16.5. The summed E-state index contributed by atoms with van der Waals surface area (Å²) in [4.78, 5) is 23.5. The lowest BCUT2D eigenvalue weighted by Gasteiger charge is -2.37. The monoisotopic (exact) mass is 421 g/mol. The first-order chi connectivity index (χ1) is 15.0. The lowest BCUT2D eigenvalue weighted by atomic mass is 10.1. The molecule has 0 saturated heterocycles. The van der Waals surface area contributed by atoms with Gasteiger partial charge in [0, 0.05) is 32.5 Å². The summed E-state index contributed by atoms with van der Waals surface area (Å²) in [6.07, 6.45) is 3.57. The number of nitrogens with zero attached hydrogens (tertiary/aromatic N) is 5. The van der Waals surface area contributed by atoms with Gasteiger partial charge in [0.1, 0.15) is 11.7 Å². The highest BCUT2D eigenvalue weighted by Gasteiger charge is 2.37. The van der Waals surface area contributed by atoms with E-state index in [-0.39, 0.29) is 12.0 Å². The van der Waals surface area contributed by atoms with Crippen LogP contribution in [-0.4, -0.2) is 52.0 Å². The van der Waals surface area contributed by atoms with E-state index in [2.05, 4.69) is 37.8 Å². The molecule has 0 spiro atoms. The maximum absolute atomic E-state index is 12.5. The zero-order valence-electron chi connectivity index (χ0n) is 18.2. The number of methoxy groups -OCH3 is 1. The van der Waals surface area contributed by atoms with Crippen molar-refractivity contribution in [2.75, 3.05) is 29.7 Å². The van der Waals surface area contributed by atoms with Gasteiger partial charge < -0.3 is 20.3 Å². The van der Waals surface area contributed by atoms with Crippen molar-refractivity contribution < 1.29 is 9.53 Å². The molecule has 2 atom stereocenters. The number of carbonyl (C=O) groups is 1. The molecule has 31 heavy (non-hydrogen) atoms. The van der Waals surface area contributed by atoms with Crippen LogP contribution in [0.15, 0.2) is 42.7 Å². The first-order valence-electron chi connectivity index (χ1n) is 10.2. The molecular weight excluding hydrogens is 394 g/mol. The number of aryl methyl sites for hydroxylation is 1. The minimum Gasteiger partial charge on any atom is -0.379 e. The van der Waals surface area contributed by atoms with Crippen LogP contribution in [0.25, 0.3) is 0 Å². The van der Waals surface area contributed by atoms with Gasteiger partial charge in [-0.1, -0.05) is 30.3 Å². The quantitative estimate of drug-likeness (QED) is 0.605. The lowest BCUT2D eigenvalue weighted by Crippen LogP contribution is -2.53. The van der Waals surface area contributed by atoms with E-state index < -0.39 is 6.04 Å². The second-order valence-electron chi connectivity index (χ2n) is 7.70. The lowest BCUT2D eigenvalue weighted by molar-refractivity contribution is -0.120. The SMILES string of the molecule is CO[C@H](C)[C@H]1C(=O)Nc2c(C)nc(NCc3cnn(Cc4ccccc4)c3)nc2N1C. The van der Waals surface area contributed by atoms with E-state index in [0.717, 1.165) is 12.1 Å². The molecule has 162 valence electrons. The van der Waals surface area contributed by atoms with Crippen LogP contribution < -0.4 is 15.5 Å². The number of amides is 1. The first-order valence-corrected chi connectivity index (χ1v) is 10.2. The van der Waals surface area contributed by atoms with Crippen LogP contribution in [0.2, 0.25) is 0 Å². The predicted octanol–water partition coefficient (Wildman–Crippen LogP) is 2.43. The van der Waals surface area contributed by atoms with Gasteiger partial charge in [0.25, 0.3) is 0 Å². The molecule has 1 aliphatic rings. The van der Waals surface area contributed by atoms with Gasteiger partial charge >= 0.3 is 0 Å². The molecule has 0 fully saturated rings. The molecule has 3 heterocycles. The number of likely N-dealkylation sites (N-methyl/N-ethyl adjacent to an activating group) is 1. The molecule has 1 aliphatic heterocycles. The number of aromatic nitrogens is 4. The molecule has 0 bridgehead atoms. The van der Waals surface area contributed by atoms with E-state index in [1.165, 1.54) is 5.56 Å². The van der Waals surface area contributed by atoms with Gasteiger partial charge in [-0.2, -0.15) is 10.1 Å². The van der Waals surface area contributed by atoms with Crippen LogP contribution in [0.3, 0.4) is 0 Å². The average molecular weight is 422 g/mol. The standard InChI is InChI=1S/C22H27N7O2/c1-14-18-20(28(3)19(15(2)31-4)21(30)26-18)27-22(25-14)23-10-17-11-24-29(13-17)12-16-8-6-5-7-9-16/h5-9,11,13,15,19H,10,12H2,1-4H3,(H,26,30)(H,23,25,27)/t15-,19+/m1/s1. The summed E-state index contributed by atoms with van der Waals surface area (Å²) in [6, 6.07) is 9.75. The van der Waals surface area contributed by atoms with Crippen LogP contribution in [0.5, 0.6) is 0 Å². The third-order valence-corrected chi connectivity index (χ3v) is 5.48. The molecule has 2 aromatic heterocycles. The fourth-order valence-corrected chi connectivity index (χ4v) is 3.74. The minimum absolute atomic E-state index is 0.123. The summed E-state index contributed by atoms with van der Waals surface area (Å²) in [5.74, 6) is 1.05. The number of nitrogens with one attached hydrogen (secondary N) is 2. The van der Waals surface area contributed by atoms with E-state index >= 15 is 0 Å². The Bertz CT molecular complexity index is 1070. The number of hydrogen-bond donors (Lipinski definition) is 2. The number of ether oxygens (including phenoxy) is 1. The number of fused-ring (bicyclic) bond motifs is 1. The molecular formula is C22H27N7O2. The summed E-state index contributed by atoms with van der Waals surface area (Å²) < 4.78 is 7.29. The summed E-state index contributed by atoms with van der Waals surface area (Å²) in [5, 5.41) is 10.6. The van der Waals surface area contributed by atoms with Crippen LogP contribution in [-0.2, 0) is 22.6 Å². The number of hydrogen-bond acceptors (Lipinski definition) is 7. The fourth-order valence-electron chi connectivity index (χ4n) is 3.74. The maximum Gasteiger partial charge on any atom is 0.249 e. The molecule has 9 heteroatoms. The highest BCUT2D eigenvalue weighted by molar-refractivity contribution is 6.03. The van der Waals surface area contributed by atoms with Crippen molar-refractivity contribution in [3.8, 4) is 0 Å². The summed E-state index contributed by atoms with van der Waals surface area (Å²) in [6.45, 7) is 4.99. The van der Waals surface area contributed by atoms with Crippen LogP contribution in [0, 0.1) is 6.92 Å². The van der Waals surface area contributed by atoms with E-state index in [1.807, 2.05) is 61.1 Å². The predicted molar refractivity (Wildman–Crippen MR) is 119 cm³/mol. The van der Waals surface area contributed by atoms with Gasteiger partial charge in [0.05, 0.1) is 24.5 Å². The largest absolute Gasteiger partial charge is 0.379 e. The molecule has 0 saturated carbocycles. The van der Waals surface area contributed by atoms with Crippen molar-refractivity contribution in [2.24, 2.45) is 0 Å². The maximum atomic E-state index is 12.5. The van der Waals surface area contributed by atoms with Crippen LogP contribution >= 0.6 is 0 Å². The Labute approximate surface area is 181 Å². The summed E-state index contributed by atoms with van der Waals surface area (Å²) >= 11 is 0. The van der Waals surface area contributed by atoms with E-state index in [0.29, 0.717) is 29.7 Å². The number of rotatable bonds is 7. The first kappa shape index (κ1) is 20.8. The molecule has 0 unspecified atom stereocenters. The van der Waals surface area contributed by atoms with Crippen molar-refractivity contribution in [3.63, 3.8) is 0 Å². The molecule has 4 rings (SSSR count). The summed E-state index contributed by atoms with van der Waals surface area (Å²) in [5.41, 5.74) is 3.57. The number of benzene rings is 1. The van der Waals surface area contributed by atoms with Crippen molar-refractivity contribution in [3.05, 3.63) is 59.5 Å². The normalized spacial score (nSPS) is 16.6. The summed E-state index contributed by atoms with van der Waals surface area (Å²) in [7, 11) is 3.44. The highest BCUT2D eigenvalue weighted by Crippen LogP contribution is 2.33. The van der Waals surface area contributed by atoms with E-state index in [9.17, 15) is 4.79 Å². The molecule has 9 nitrogen and oxygen atoms in total. The van der Waals surface area contributed by atoms with E-state index in [1.54, 1.807) is 7.11 Å². The third kappa shape index (κ3) is 4.36. The molecule has 3 aromatic rings. The zero-order chi connectivity index (χ0) is 22.0. The van der Waals surface area contributed by atoms with Crippen molar-refractivity contribution in [1.82, 2.24) is 19.7 Å².